The molecule has 0 spiro atoms. The predicted molar refractivity (Wildman–Crippen MR) is 125 cm³/mol. The van der Waals surface area contributed by atoms with Crippen LogP contribution in [0.1, 0.15) is 32.7 Å². The largest absolute Gasteiger partial charge is 0.497 e. The van der Waals surface area contributed by atoms with E-state index >= 15 is 0 Å². The number of benzene rings is 2. The summed E-state index contributed by atoms with van der Waals surface area (Å²) in [6.07, 6.45) is -0.423. The van der Waals surface area contributed by atoms with Gasteiger partial charge in [-0.25, -0.2) is 14.5 Å². The molecule has 4 rings (SSSR count). The first-order chi connectivity index (χ1) is 16.7. The van der Waals surface area contributed by atoms with E-state index in [9.17, 15) is 23.1 Å². The van der Waals surface area contributed by atoms with Gasteiger partial charge in [-0.15, -0.1) is 0 Å². The van der Waals surface area contributed by atoms with Gasteiger partial charge in [0.05, 0.1) is 19.0 Å². The van der Waals surface area contributed by atoms with Gasteiger partial charge in [-0.2, -0.15) is 18.3 Å². The number of rotatable bonds is 6. The first-order valence-corrected chi connectivity index (χ1v) is 10.5. The summed E-state index contributed by atoms with van der Waals surface area (Å²) in [5, 5.41) is 12.8. The number of hydrogen-bond acceptors (Lipinski definition) is 4. The van der Waals surface area contributed by atoms with Crippen LogP contribution in [0.5, 0.6) is 5.75 Å². The van der Waals surface area contributed by atoms with Crippen LogP contribution in [0.3, 0.4) is 0 Å². The van der Waals surface area contributed by atoms with E-state index in [0.29, 0.717) is 22.1 Å². The number of halogens is 3. The van der Waals surface area contributed by atoms with E-state index in [1.54, 1.807) is 25.3 Å². The lowest BCUT2D eigenvalue weighted by molar-refractivity contribution is -0.143. The minimum absolute atomic E-state index is 0.146. The van der Waals surface area contributed by atoms with Gasteiger partial charge < -0.3 is 9.84 Å². The smallest absolute Gasteiger partial charge is 0.434 e. The number of methoxy groups -OCH3 is 1. The fourth-order valence-electron chi connectivity index (χ4n) is 3.66. The Morgan fingerprint density at radius 1 is 1.03 bits per heavy atom. The van der Waals surface area contributed by atoms with Crippen LogP contribution in [0, 0.1) is 6.92 Å². The summed E-state index contributed by atoms with van der Waals surface area (Å²) < 4.78 is 46.7. The van der Waals surface area contributed by atoms with Crippen LogP contribution in [0.15, 0.2) is 66.9 Å². The summed E-state index contributed by atoms with van der Waals surface area (Å²) in [6, 6.07) is 17.6. The number of carboxylic acid groups (broad SMARTS) is 1. The molecule has 2 aromatic carbocycles. The molecular weight excluding hydrogens is 459 g/mol. The number of alkyl halides is 3. The second-order valence-electron chi connectivity index (χ2n) is 7.65. The molecule has 0 aliphatic carbocycles. The van der Waals surface area contributed by atoms with Gasteiger partial charge in [-0.05, 0) is 47.9 Å². The van der Waals surface area contributed by atoms with Gasteiger partial charge in [0.25, 0.3) is 0 Å². The van der Waals surface area contributed by atoms with E-state index in [2.05, 4.69) is 10.1 Å². The zero-order valence-electron chi connectivity index (χ0n) is 18.7. The third-order valence-corrected chi connectivity index (χ3v) is 5.38. The molecule has 0 saturated carbocycles. The number of nitrogens with zero attached hydrogens (tertiary/aromatic N) is 3. The van der Waals surface area contributed by atoms with Gasteiger partial charge in [-0.1, -0.05) is 48.6 Å². The van der Waals surface area contributed by atoms with Crippen molar-refractivity contribution in [2.24, 2.45) is 0 Å². The normalized spacial score (nSPS) is 11.7. The van der Waals surface area contributed by atoms with Crippen molar-refractivity contribution in [1.29, 1.82) is 0 Å². The molecule has 1 N–H and O–H groups in total. The predicted octanol–water partition coefficient (Wildman–Crippen LogP) is 6.14. The van der Waals surface area contributed by atoms with E-state index in [1.165, 1.54) is 6.07 Å². The molecule has 0 fully saturated rings. The lowest BCUT2D eigenvalue weighted by Crippen LogP contribution is -2.18. The Morgan fingerprint density at radius 2 is 1.77 bits per heavy atom. The van der Waals surface area contributed by atoms with Crippen molar-refractivity contribution in [3.63, 3.8) is 0 Å². The van der Waals surface area contributed by atoms with Gasteiger partial charge in [0.15, 0.2) is 11.5 Å². The van der Waals surface area contributed by atoms with Gasteiger partial charge in [0.1, 0.15) is 11.3 Å². The SMILES string of the molecule is COc1ccc(C=Cc2ccccc2-c2cccc(-n3ncc(C(=O)O)c3C(F)(F)F)n2)c(C)c1. The first kappa shape index (κ1) is 23.7. The standard InChI is InChI=1S/C26H20F3N3O3/c1-16-14-19(35-2)13-12-17(16)10-11-18-6-3-4-7-20(18)22-8-5-9-23(31-22)32-24(26(27,28)29)21(15-30-32)25(33)34/h3-15H,1-2H3,(H,33,34). The van der Waals surface area contributed by atoms with Crippen molar-refractivity contribution in [1.82, 2.24) is 14.8 Å². The Balaban J connectivity index is 1.75. The van der Waals surface area contributed by atoms with Crippen LogP contribution in [0.2, 0.25) is 0 Å². The molecule has 35 heavy (non-hydrogen) atoms. The Labute approximate surface area is 198 Å². The number of aryl methyl sites for hydroxylation is 1. The topological polar surface area (TPSA) is 77.2 Å². The van der Waals surface area contributed by atoms with Crippen LogP contribution in [-0.2, 0) is 6.18 Å². The Kier molecular flexibility index (Phi) is 6.42. The maximum Gasteiger partial charge on any atom is 0.434 e. The van der Waals surface area contributed by atoms with Crippen LogP contribution >= 0.6 is 0 Å². The zero-order valence-corrected chi connectivity index (χ0v) is 18.7. The molecule has 0 bridgehead atoms. The quantitative estimate of drug-likeness (QED) is 0.336. The summed E-state index contributed by atoms with van der Waals surface area (Å²) in [5.41, 5.74) is 1.57. The summed E-state index contributed by atoms with van der Waals surface area (Å²) >= 11 is 0. The monoisotopic (exact) mass is 479 g/mol. The highest BCUT2D eigenvalue weighted by Gasteiger charge is 2.41. The van der Waals surface area contributed by atoms with E-state index in [0.717, 1.165) is 22.4 Å². The fourth-order valence-corrected chi connectivity index (χ4v) is 3.66. The summed E-state index contributed by atoms with van der Waals surface area (Å²) in [5.74, 6) is -1.11. The molecule has 0 saturated heterocycles. The second kappa shape index (κ2) is 9.46. The molecule has 4 aromatic rings. The number of aromatic carboxylic acids is 1. The highest BCUT2D eigenvalue weighted by Crippen LogP contribution is 2.34. The van der Waals surface area contributed by atoms with Crippen molar-refractivity contribution in [3.05, 3.63) is 94.8 Å². The molecule has 0 aliphatic heterocycles. The third kappa shape index (κ3) is 4.93. The van der Waals surface area contributed by atoms with Gasteiger partial charge in [0.2, 0.25) is 0 Å². The number of carboxylic acids is 1. The maximum atomic E-state index is 13.6. The average molecular weight is 479 g/mol. The molecule has 2 aromatic heterocycles. The van der Waals surface area contributed by atoms with Gasteiger partial charge in [0, 0.05) is 5.56 Å². The average Bonchev–Trinajstić information content (AvgIpc) is 3.30. The van der Waals surface area contributed by atoms with Crippen molar-refractivity contribution in [3.8, 4) is 22.8 Å². The van der Waals surface area contributed by atoms with Crippen molar-refractivity contribution < 1.29 is 27.8 Å². The van der Waals surface area contributed by atoms with Crippen LogP contribution in [-0.4, -0.2) is 33.0 Å². The lowest BCUT2D eigenvalue weighted by Gasteiger charge is -2.12. The minimum Gasteiger partial charge on any atom is -0.497 e. The highest BCUT2D eigenvalue weighted by molar-refractivity contribution is 5.89. The molecule has 9 heteroatoms. The van der Waals surface area contributed by atoms with E-state index < -0.39 is 23.4 Å². The Morgan fingerprint density at radius 3 is 2.46 bits per heavy atom. The summed E-state index contributed by atoms with van der Waals surface area (Å²) in [7, 11) is 1.60. The van der Waals surface area contributed by atoms with Crippen molar-refractivity contribution in [2.45, 2.75) is 13.1 Å². The fraction of sp³-hybridized carbons (Fsp3) is 0.115. The minimum atomic E-state index is -4.93. The Bertz CT molecular complexity index is 1420. The summed E-state index contributed by atoms with van der Waals surface area (Å²) in [6.45, 7) is 1.97. The van der Waals surface area contributed by atoms with Crippen LogP contribution in [0.25, 0.3) is 29.2 Å². The molecule has 178 valence electrons. The van der Waals surface area contributed by atoms with Gasteiger partial charge in [-0.3, -0.25) is 0 Å². The lowest BCUT2D eigenvalue weighted by atomic mass is 10.0. The molecule has 0 radical (unpaired) electrons. The third-order valence-electron chi connectivity index (χ3n) is 5.38. The van der Waals surface area contributed by atoms with E-state index in [4.69, 9.17) is 4.74 Å². The van der Waals surface area contributed by atoms with E-state index in [-0.39, 0.29) is 5.82 Å². The highest BCUT2D eigenvalue weighted by atomic mass is 19.4. The Hall–Kier alpha value is -4.40. The molecular formula is C26H20F3N3O3. The van der Waals surface area contributed by atoms with Crippen LogP contribution in [0.4, 0.5) is 13.2 Å². The van der Waals surface area contributed by atoms with Crippen molar-refractivity contribution >= 4 is 18.1 Å². The number of hydrogen-bond donors (Lipinski definition) is 1. The van der Waals surface area contributed by atoms with E-state index in [1.807, 2.05) is 55.5 Å². The molecule has 0 aliphatic rings. The number of pyridine rings is 1. The molecule has 2 heterocycles. The molecule has 6 nitrogen and oxygen atoms in total. The number of ether oxygens (including phenoxy) is 1. The zero-order chi connectivity index (χ0) is 25.2. The maximum absolute atomic E-state index is 13.6. The van der Waals surface area contributed by atoms with Crippen LogP contribution < -0.4 is 4.74 Å². The first-order valence-electron chi connectivity index (χ1n) is 10.5. The summed E-state index contributed by atoms with van der Waals surface area (Å²) in [4.78, 5) is 15.7. The second-order valence-corrected chi connectivity index (χ2v) is 7.65. The van der Waals surface area contributed by atoms with Crippen molar-refractivity contribution in [2.75, 3.05) is 7.11 Å². The molecule has 0 atom stereocenters. The molecule has 0 unspecified atom stereocenters. The van der Waals surface area contributed by atoms with Gasteiger partial charge >= 0.3 is 12.1 Å². The molecule has 0 amide bonds. The number of carbonyl (C=O) groups is 1. The number of aromatic nitrogens is 3.